The number of hydrogen-bond acceptors (Lipinski definition) is 4. The number of nitrogens with zero attached hydrogens (tertiary/aromatic N) is 1. The van der Waals surface area contributed by atoms with Crippen molar-refractivity contribution in [2.75, 3.05) is 13.6 Å². The summed E-state index contributed by atoms with van der Waals surface area (Å²) in [5.74, 6) is -0.672. The minimum absolute atomic E-state index is 0.284. The van der Waals surface area contributed by atoms with Crippen LogP contribution in [0.25, 0.3) is 0 Å². The molecule has 0 aliphatic rings. The highest BCUT2D eigenvalue weighted by Gasteiger charge is 2.37. The molecule has 0 radical (unpaired) electrons. The molecule has 0 fully saturated rings. The Labute approximate surface area is 145 Å². The van der Waals surface area contributed by atoms with Gasteiger partial charge in [0.2, 0.25) is 10.0 Å². The number of likely N-dealkylation sites (N-methyl/N-ethyl adjacent to an activating group) is 1. The highest BCUT2D eigenvalue weighted by atomic mass is 32.2. The molecule has 0 saturated heterocycles. The lowest BCUT2D eigenvalue weighted by molar-refractivity contribution is -0.148. The maximum absolute atomic E-state index is 13.0. The van der Waals surface area contributed by atoms with Crippen LogP contribution in [0.4, 0.5) is 13.2 Å². The number of ether oxygens (including phenoxy) is 1. The molecule has 0 bridgehead atoms. The first kappa shape index (κ1) is 21.2. The van der Waals surface area contributed by atoms with E-state index in [0.717, 1.165) is 29.6 Å². The van der Waals surface area contributed by atoms with Crippen molar-refractivity contribution in [1.82, 2.24) is 4.31 Å². The Morgan fingerprint density at radius 2 is 1.76 bits per heavy atom. The predicted octanol–water partition coefficient (Wildman–Crippen LogP) is 3.22. The van der Waals surface area contributed by atoms with E-state index in [9.17, 15) is 26.4 Å². The van der Waals surface area contributed by atoms with E-state index in [1.54, 1.807) is 20.8 Å². The Morgan fingerprint density at radius 1 is 1.20 bits per heavy atom. The van der Waals surface area contributed by atoms with Crippen LogP contribution in [0.1, 0.15) is 26.3 Å². The van der Waals surface area contributed by atoms with Crippen LogP contribution in [0.2, 0.25) is 0 Å². The molecule has 140 valence electrons. The van der Waals surface area contributed by atoms with Crippen LogP contribution in [0, 0.1) is 0 Å². The van der Waals surface area contributed by atoms with Crippen molar-refractivity contribution in [3.8, 4) is 0 Å². The number of sulfonamides is 1. The van der Waals surface area contributed by atoms with Gasteiger partial charge < -0.3 is 4.74 Å². The molecule has 1 rings (SSSR count). The number of carbonyl (C=O) groups is 1. The molecular formula is C16H20F3NO4S. The molecule has 9 heteroatoms. The molecule has 1 aromatic carbocycles. The summed E-state index contributed by atoms with van der Waals surface area (Å²) in [6, 6.07) is 3.93. The number of benzene rings is 1. The number of alkyl halides is 3. The highest BCUT2D eigenvalue weighted by molar-refractivity contribution is 7.89. The first-order valence-corrected chi connectivity index (χ1v) is 8.71. The summed E-state index contributed by atoms with van der Waals surface area (Å²) in [7, 11) is -3.25. The summed E-state index contributed by atoms with van der Waals surface area (Å²) in [6.45, 7) is 4.73. The largest absolute Gasteiger partial charge is 0.457 e. The van der Waals surface area contributed by atoms with Gasteiger partial charge in [0.1, 0.15) is 5.60 Å². The van der Waals surface area contributed by atoms with Gasteiger partial charge in [-0.25, -0.2) is 13.2 Å². The van der Waals surface area contributed by atoms with Crippen molar-refractivity contribution in [3.05, 3.63) is 42.0 Å². The second kappa shape index (κ2) is 7.57. The summed E-state index contributed by atoms with van der Waals surface area (Å²) in [6.07, 6.45) is -2.55. The zero-order valence-corrected chi connectivity index (χ0v) is 15.1. The lowest BCUT2D eigenvalue weighted by Gasteiger charge is -2.19. The second-order valence-electron chi connectivity index (χ2n) is 6.22. The van der Waals surface area contributed by atoms with Gasteiger partial charge in [-0.3, -0.25) is 0 Å². The molecule has 25 heavy (non-hydrogen) atoms. The van der Waals surface area contributed by atoms with Crippen molar-refractivity contribution in [2.24, 2.45) is 0 Å². The van der Waals surface area contributed by atoms with Gasteiger partial charge in [-0.05, 0) is 32.9 Å². The van der Waals surface area contributed by atoms with Crippen LogP contribution in [0.3, 0.4) is 0 Å². The van der Waals surface area contributed by atoms with Gasteiger partial charge in [0, 0.05) is 19.7 Å². The smallest absolute Gasteiger partial charge is 0.417 e. The van der Waals surface area contributed by atoms with Gasteiger partial charge in [0.15, 0.2) is 0 Å². The van der Waals surface area contributed by atoms with E-state index in [1.807, 2.05) is 0 Å². The summed E-state index contributed by atoms with van der Waals surface area (Å²) in [5, 5.41) is 0. The average Bonchev–Trinajstić information content (AvgIpc) is 2.44. The van der Waals surface area contributed by atoms with Crippen LogP contribution >= 0.6 is 0 Å². The zero-order chi connectivity index (χ0) is 19.5. The van der Waals surface area contributed by atoms with Gasteiger partial charge >= 0.3 is 12.1 Å². The molecule has 0 amide bonds. The van der Waals surface area contributed by atoms with Gasteiger partial charge in [0.05, 0.1) is 10.5 Å². The Morgan fingerprint density at radius 3 is 2.28 bits per heavy atom. The molecule has 0 unspecified atom stereocenters. The molecule has 1 aromatic rings. The first-order chi connectivity index (χ1) is 11.2. The Bertz CT molecular complexity index is 749. The number of rotatable bonds is 5. The number of hydrogen-bond donors (Lipinski definition) is 0. The third kappa shape index (κ3) is 6.17. The number of esters is 1. The van der Waals surface area contributed by atoms with Gasteiger partial charge in [-0.15, -0.1) is 0 Å². The van der Waals surface area contributed by atoms with Gasteiger partial charge in [-0.1, -0.05) is 18.2 Å². The van der Waals surface area contributed by atoms with Crippen LogP contribution in [0.15, 0.2) is 41.3 Å². The van der Waals surface area contributed by atoms with E-state index in [0.29, 0.717) is 6.07 Å². The summed E-state index contributed by atoms with van der Waals surface area (Å²) < 4.78 is 69.5. The summed E-state index contributed by atoms with van der Waals surface area (Å²) in [4.78, 5) is 10.7. The zero-order valence-electron chi connectivity index (χ0n) is 14.3. The molecule has 0 saturated carbocycles. The van der Waals surface area contributed by atoms with Crippen LogP contribution in [-0.4, -0.2) is 37.9 Å². The third-order valence-electron chi connectivity index (χ3n) is 2.90. The van der Waals surface area contributed by atoms with Gasteiger partial charge in [0.25, 0.3) is 0 Å². The Hall–Kier alpha value is -1.87. The predicted molar refractivity (Wildman–Crippen MR) is 86.2 cm³/mol. The van der Waals surface area contributed by atoms with Crippen molar-refractivity contribution >= 4 is 16.0 Å². The molecule has 5 nitrogen and oxygen atoms in total. The summed E-state index contributed by atoms with van der Waals surface area (Å²) >= 11 is 0. The van der Waals surface area contributed by atoms with E-state index in [4.69, 9.17) is 4.74 Å². The fourth-order valence-corrected chi connectivity index (χ4v) is 3.16. The van der Waals surface area contributed by atoms with Crippen LogP contribution in [-0.2, 0) is 25.7 Å². The van der Waals surface area contributed by atoms with Crippen molar-refractivity contribution in [2.45, 2.75) is 37.4 Å². The molecule has 0 aliphatic heterocycles. The van der Waals surface area contributed by atoms with E-state index in [-0.39, 0.29) is 6.54 Å². The van der Waals surface area contributed by atoms with Crippen molar-refractivity contribution in [1.29, 1.82) is 0 Å². The standard InChI is InChI=1S/C16H20F3NO4S/c1-15(2,3)24-14(21)10-7-11-20(4)25(22,23)13-9-6-5-8-12(13)16(17,18)19/h5-10H,11H2,1-4H3/b10-7+. The quantitative estimate of drug-likeness (QED) is 0.582. The normalized spacial score (nSPS) is 13.4. The molecule has 0 aliphatic carbocycles. The lowest BCUT2D eigenvalue weighted by Crippen LogP contribution is -2.29. The fourth-order valence-electron chi connectivity index (χ4n) is 1.82. The maximum atomic E-state index is 13.0. The van der Waals surface area contributed by atoms with Crippen molar-refractivity contribution in [3.63, 3.8) is 0 Å². The van der Waals surface area contributed by atoms with E-state index >= 15 is 0 Å². The topological polar surface area (TPSA) is 63.7 Å². The molecular weight excluding hydrogens is 359 g/mol. The molecule has 0 spiro atoms. The molecule has 0 N–H and O–H groups in total. The monoisotopic (exact) mass is 379 g/mol. The van der Waals surface area contributed by atoms with Crippen LogP contribution in [0.5, 0.6) is 0 Å². The number of carbonyl (C=O) groups excluding carboxylic acids is 1. The second-order valence-corrected chi connectivity index (χ2v) is 8.23. The maximum Gasteiger partial charge on any atom is 0.417 e. The van der Waals surface area contributed by atoms with E-state index in [1.165, 1.54) is 12.1 Å². The van der Waals surface area contributed by atoms with Gasteiger partial charge in [-0.2, -0.15) is 17.5 Å². The van der Waals surface area contributed by atoms with E-state index in [2.05, 4.69) is 0 Å². The fraction of sp³-hybridized carbons (Fsp3) is 0.438. The Balaban J connectivity index is 2.96. The molecule has 0 aromatic heterocycles. The lowest BCUT2D eigenvalue weighted by atomic mass is 10.2. The third-order valence-corrected chi connectivity index (χ3v) is 4.79. The highest BCUT2D eigenvalue weighted by Crippen LogP contribution is 2.34. The first-order valence-electron chi connectivity index (χ1n) is 7.27. The molecule has 0 atom stereocenters. The average molecular weight is 379 g/mol. The Kier molecular flexibility index (Phi) is 6.41. The van der Waals surface area contributed by atoms with Crippen molar-refractivity contribution < 1.29 is 31.1 Å². The minimum Gasteiger partial charge on any atom is -0.457 e. The number of halogens is 3. The SMILES string of the molecule is CN(C/C=C/C(=O)OC(C)(C)C)S(=O)(=O)c1ccccc1C(F)(F)F. The summed E-state index contributed by atoms with van der Waals surface area (Å²) in [5.41, 5.74) is -1.94. The van der Waals surface area contributed by atoms with Crippen LogP contribution < -0.4 is 0 Å². The molecule has 0 heterocycles. The minimum atomic E-state index is -4.79. The van der Waals surface area contributed by atoms with E-state index < -0.39 is 38.2 Å².